The van der Waals surface area contributed by atoms with Gasteiger partial charge in [-0.15, -0.1) is 0 Å². The molecule has 1 saturated heterocycles. The van der Waals surface area contributed by atoms with Crippen LogP contribution in [0.3, 0.4) is 0 Å². The minimum atomic E-state index is -3.57. The van der Waals surface area contributed by atoms with E-state index in [1.807, 2.05) is 55.5 Å². The summed E-state index contributed by atoms with van der Waals surface area (Å²) in [7, 11) is -3.57. The van der Waals surface area contributed by atoms with E-state index in [-0.39, 0.29) is 17.8 Å². The highest BCUT2D eigenvalue weighted by Gasteiger charge is 2.30. The first-order valence-electron chi connectivity index (χ1n) is 8.73. The van der Waals surface area contributed by atoms with Crippen molar-refractivity contribution in [2.24, 2.45) is 5.92 Å². The maximum Gasteiger partial charge on any atom is 0.271 e. The van der Waals surface area contributed by atoms with E-state index in [1.54, 1.807) is 0 Å². The van der Waals surface area contributed by atoms with Gasteiger partial charge in [-0.1, -0.05) is 60.7 Å². The summed E-state index contributed by atoms with van der Waals surface area (Å²) in [6, 6.07) is 19.5. The largest absolute Gasteiger partial charge is 0.299 e. The summed E-state index contributed by atoms with van der Waals surface area (Å²) in [4.78, 5) is 2.36. The third-order valence-corrected chi connectivity index (χ3v) is 5.99. The third kappa shape index (κ3) is 5.39. The zero-order valence-corrected chi connectivity index (χ0v) is 15.4. The lowest BCUT2D eigenvalue weighted by atomic mass is 10.0. The summed E-state index contributed by atoms with van der Waals surface area (Å²) in [5.41, 5.74) is 2.04. The lowest BCUT2D eigenvalue weighted by molar-refractivity contribution is 0.157. The van der Waals surface area contributed by atoms with Crippen LogP contribution in [-0.4, -0.2) is 32.5 Å². The summed E-state index contributed by atoms with van der Waals surface area (Å²) in [6.07, 6.45) is 0.670. The van der Waals surface area contributed by atoms with Gasteiger partial charge < -0.3 is 0 Å². The molecule has 0 N–H and O–H groups in total. The zero-order valence-electron chi connectivity index (χ0n) is 14.5. The summed E-state index contributed by atoms with van der Waals surface area (Å²) >= 11 is 0. The van der Waals surface area contributed by atoms with Gasteiger partial charge in [0.2, 0.25) is 0 Å². The molecule has 2 aromatic carbocycles. The molecule has 0 saturated carbocycles. The quantitative estimate of drug-likeness (QED) is 0.711. The Bertz CT molecular complexity index is 762. The highest BCUT2D eigenvalue weighted by molar-refractivity contribution is 7.85. The molecule has 0 unspecified atom stereocenters. The molecule has 4 nitrogen and oxygen atoms in total. The van der Waals surface area contributed by atoms with Gasteiger partial charge in [-0.05, 0) is 31.0 Å². The highest BCUT2D eigenvalue weighted by atomic mass is 32.2. The Morgan fingerprint density at radius 3 is 2.28 bits per heavy atom. The van der Waals surface area contributed by atoms with Crippen molar-refractivity contribution in [2.75, 3.05) is 13.1 Å². The highest BCUT2D eigenvalue weighted by Crippen LogP contribution is 2.25. The van der Waals surface area contributed by atoms with E-state index in [2.05, 4.69) is 17.0 Å². The van der Waals surface area contributed by atoms with Crippen LogP contribution in [0.15, 0.2) is 60.7 Å². The Kier molecular flexibility index (Phi) is 5.89. The zero-order chi connectivity index (χ0) is 17.7. The van der Waals surface area contributed by atoms with E-state index in [0.29, 0.717) is 0 Å². The second-order valence-corrected chi connectivity index (χ2v) is 8.35. The van der Waals surface area contributed by atoms with Crippen LogP contribution in [0.25, 0.3) is 0 Å². The first kappa shape index (κ1) is 18.1. The number of rotatable bonds is 7. The molecular weight excluding hydrogens is 334 g/mol. The standard InChI is InChI=1S/C20H25NO3S/c1-17(24-25(22,23)16-19-10-6-3-7-11-19)20-12-13-21(15-20)14-18-8-4-2-5-9-18/h2-11,17,20H,12-16H2,1H3/t17-,20-/m1/s1. The molecular formula is C20H25NO3S. The van der Waals surface area contributed by atoms with Gasteiger partial charge in [0.05, 0.1) is 6.10 Å². The van der Waals surface area contributed by atoms with Crippen LogP contribution in [-0.2, 0) is 26.6 Å². The maximum absolute atomic E-state index is 12.3. The predicted molar refractivity (Wildman–Crippen MR) is 99.4 cm³/mol. The molecule has 2 atom stereocenters. The smallest absolute Gasteiger partial charge is 0.271 e. The predicted octanol–water partition coefficient (Wildman–Crippen LogP) is 3.44. The molecule has 1 aliphatic rings. The van der Waals surface area contributed by atoms with Crippen LogP contribution in [0, 0.1) is 5.92 Å². The molecule has 1 aliphatic heterocycles. The molecule has 25 heavy (non-hydrogen) atoms. The van der Waals surface area contributed by atoms with Crippen LogP contribution >= 0.6 is 0 Å². The number of hydrogen-bond acceptors (Lipinski definition) is 4. The molecule has 0 amide bonds. The van der Waals surface area contributed by atoms with E-state index < -0.39 is 10.1 Å². The first-order valence-corrected chi connectivity index (χ1v) is 10.3. The van der Waals surface area contributed by atoms with E-state index in [4.69, 9.17) is 4.18 Å². The van der Waals surface area contributed by atoms with Crippen molar-refractivity contribution >= 4 is 10.1 Å². The molecule has 1 fully saturated rings. The van der Waals surface area contributed by atoms with Gasteiger partial charge in [0.25, 0.3) is 10.1 Å². The fraction of sp³-hybridized carbons (Fsp3) is 0.400. The summed E-state index contributed by atoms with van der Waals surface area (Å²) in [6.45, 7) is 4.63. The molecule has 0 aromatic heterocycles. The van der Waals surface area contributed by atoms with Crippen molar-refractivity contribution in [1.29, 1.82) is 0 Å². The average Bonchev–Trinajstić information content (AvgIpc) is 3.04. The van der Waals surface area contributed by atoms with E-state index in [9.17, 15) is 8.42 Å². The number of nitrogens with zero attached hydrogens (tertiary/aromatic N) is 1. The Labute approximate surface area is 150 Å². The topological polar surface area (TPSA) is 46.6 Å². The summed E-state index contributed by atoms with van der Waals surface area (Å²) in [5.74, 6) is 0.174. The van der Waals surface area contributed by atoms with Crippen molar-refractivity contribution < 1.29 is 12.6 Å². The molecule has 5 heteroatoms. The molecule has 0 aliphatic carbocycles. The number of likely N-dealkylation sites (tertiary alicyclic amines) is 1. The molecule has 0 bridgehead atoms. The summed E-state index contributed by atoms with van der Waals surface area (Å²) < 4.78 is 30.1. The lowest BCUT2D eigenvalue weighted by Crippen LogP contribution is -2.28. The number of benzene rings is 2. The van der Waals surface area contributed by atoms with Gasteiger partial charge in [-0.2, -0.15) is 8.42 Å². The second-order valence-electron chi connectivity index (χ2n) is 6.76. The fourth-order valence-electron chi connectivity index (χ4n) is 3.35. The molecule has 134 valence electrons. The second kappa shape index (κ2) is 8.13. The average molecular weight is 359 g/mol. The Morgan fingerprint density at radius 1 is 1.04 bits per heavy atom. The monoisotopic (exact) mass is 359 g/mol. The van der Waals surface area contributed by atoms with Crippen molar-refractivity contribution in [3.05, 3.63) is 71.8 Å². The van der Waals surface area contributed by atoms with Crippen molar-refractivity contribution in [2.45, 2.75) is 31.7 Å². The SMILES string of the molecule is C[C@@H](OS(=O)(=O)Cc1ccccc1)[C@@H]1CCN(Cc2ccccc2)C1. The van der Waals surface area contributed by atoms with E-state index >= 15 is 0 Å². The Hall–Kier alpha value is -1.69. The molecule has 1 heterocycles. The van der Waals surface area contributed by atoms with Gasteiger partial charge in [0, 0.05) is 19.0 Å². The third-order valence-electron chi connectivity index (χ3n) is 4.71. The van der Waals surface area contributed by atoms with Gasteiger partial charge in [0.1, 0.15) is 5.75 Å². The lowest BCUT2D eigenvalue weighted by Gasteiger charge is -2.20. The van der Waals surface area contributed by atoms with Gasteiger partial charge in [-0.25, -0.2) is 0 Å². The first-order chi connectivity index (χ1) is 12.0. The Morgan fingerprint density at radius 2 is 1.64 bits per heavy atom. The van der Waals surface area contributed by atoms with Crippen LogP contribution in [0.2, 0.25) is 0 Å². The van der Waals surface area contributed by atoms with E-state index in [1.165, 1.54) is 5.56 Å². The Balaban J connectivity index is 1.52. The molecule has 0 radical (unpaired) electrons. The maximum atomic E-state index is 12.3. The fourth-order valence-corrected chi connectivity index (χ4v) is 4.64. The molecule has 3 rings (SSSR count). The normalized spacial score (nSPS) is 19.8. The van der Waals surface area contributed by atoms with Crippen molar-refractivity contribution in [3.63, 3.8) is 0 Å². The van der Waals surface area contributed by atoms with Crippen LogP contribution < -0.4 is 0 Å². The minimum Gasteiger partial charge on any atom is -0.299 e. The van der Waals surface area contributed by atoms with Crippen LogP contribution in [0.1, 0.15) is 24.5 Å². The minimum absolute atomic E-state index is 0.0708. The van der Waals surface area contributed by atoms with Crippen molar-refractivity contribution in [1.82, 2.24) is 4.90 Å². The van der Waals surface area contributed by atoms with Crippen LogP contribution in [0.4, 0.5) is 0 Å². The number of hydrogen-bond donors (Lipinski definition) is 0. The van der Waals surface area contributed by atoms with Gasteiger partial charge >= 0.3 is 0 Å². The molecule has 2 aromatic rings. The molecule has 0 spiro atoms. The van der Waals surface area contributed by atoms with Crippen LogP contribution in [0.5, 0.6) is 0 Å². The van der Waals surface area contributed by atoms with Gasteiger partial charge in [-0.3, -0.25) is 9.08 Å². The van der Waals surface area contributed by atoms with E-state index in [0.717, 1.165) is 31.6 Å². The van der Waals surface area contributed by atoms with Crippen molar-refractivity contribution in [3.8, 4) is 0 Å². The summed E-state index contributed by atoms with van der Waals surface area (Å²) in [5, 5.41) is 0. The van der Waals surface area contributed by atoms with Gasteiger partial charge in [0.15, 0.2) is 0 Å².